The maximum atomic E-state index is 10.4. The van der Waals surface area contributed by atoms with Crippen molar-refractivity contribution in [3.63, 3.8) is 0 Å². The number of benzene rings is 2. The van der Waals surface area contributed by atoms with Crippen LogP contribution in [0.5, 0.6) is 0 Å². The van der Waals surface area contributed by atoms with Gasteiger partial charge in [0.15, 0.2) is 0 Å². The Hall–Kier alpha value is -1.84. The van der Waals surface area contributed by atoms with Crippen molar-refractivity contribution in [3.05, 3.63) is 48.5 Å². The van der Waals surface area contributed by atoms with Gasteiger partial charge in [0.25, 0.3) is 0 Å². The number of nitrogens with zero attached hydrogens (tertiary/aromatic N) is 2. The van der Waals surface area contributed by atoms with Gasteiger partial charge in [0.2, 0.25) is 0 Å². The van der Waals surface area contributed by atoms with E-state index in [0.29, 0.717) is 6.54 Å². The van der Waals surface area contributed by atoms with Crippen molar-refractivity contribution in [2.24, 2.45) is 0 Å². The van der Waals surface area contributed by atoms with Crippen LogP contribution in [-0.2, 0) is 6.54 Å². The number of aromatic nitrogens is 1. The molecule has 0 saturated carbocycles. The lowest BCUT2D eigenvalue weighted by Gasteiger charge is -2.27. The van der Waals surface area contributed by atoms with Crippen LogP contribution < -0.4 is 0 Å². The molecule has 110 valence electrons. The number of aliphatic hydroxyl groups excluding tert-OH is 1. The number of hydrogen-bond acceptors (Lipinski definition) is 1. The maximum absolute atomic E-state index is 10.4. The van der Waals surface area contributed by atoms with Crippen molar-refractivity contribution in [3.8, 4) is 0 Å². The zero-order chi connectivity index (χ0) is 15.0. The summed E-state index contributed by atoms with van der Waals surface area (Å²) >= 11 is 0. The second kappa shape index (κ2) is 5.17. The number of aliphatic hydroxyl groups is 1. The normalized spacial score (nSPS) is 13.9. The van der Waals surface area contributed by atoms with Gasteiger partial charge in [-0.2, -0.15) is 0 Å². The smallest absolute Gasteiger partial charge is 0.121 e. The molecular weight excluding hydrogens is 260 g/mol. The van der Waals surface area contributed by atoms with Crippen molar-refractivity contribution >= 4 is 21.8 Å². The minimum atomic E-state index is -0.357. The third-order valence-electron chi connectivity index (χ3n) is 3.83. The van der Waals surface area contributed by atoms with E-state index in [-0.39, 0.29) is 6.10 Å². The largest absolute Gasteiger partial charge is 0.385 e. The monoisotopic (exact) mass is 283 g/mol. The summed E-state index contributed by atoms with van der Waals surface area (Å²) < 4.78 is 3.00. The number of rotatable bonds is 4. The molecule has 21 heavy (non-hydrogen) atoms. The number of likely N-dealkylation sites (N-methyl/N-ethyl adjacent to an activating group) is 1. The number of hydrogen-bond donors (Lipinski definition) is 1. The van der Waals surface area contributed by atoms with Gasteiger partial charge in [-0.25, -0.2) is 0 Å². The van der Waals surface area contributed by atoms with Gasteiger partial charge in [0.05, 0.1) is 27.7 Å². The van der Waals surface area contributed by atoms with Crippen LogP contribution >= 0.6 is 0 Å². The fraction of sp³-hybridized carbons (Fsp3) is 0.333. The van der Waals surface area contributed by atoms with Gasteiger partial charge in [0, 0.05) is 21.8 Å². The Kier molecular flexibility index (Phi) is 3.47. The predicted octanol–water partition coefficient (Wildman–Crippen LogP) is 2.86. The number of fused-ring (bicyclic) bond motifs is 3. The molecule has 1 heterocycles. The molecule has 2 aromatic carbocycles. The van der Waals surface area contributed by atoms with E-state index in [1.165, 1.54) is 21.8 Å². The zero-order valence-electron chi connectivity index (χ0n) is 13.0. The van der Waals surface area contributed by atoms with Crippen molar-refractivity contribution in [2.45, 2.75) is 12.6 Å². The highest BCUT2D eigenvalue weighted by atomic mass is 16.3. The van der Waals surface area contributed by atoms with E-state index in [1.807, 2.05) is 0 Å². The molecule has 0 spiro atoms. The Morgan fingerprint density at radius 1 is 0.905 bits per heavy atom. The molecule has 0 fully saturated rings. The van der Waals surface area contributed by atoms with E-state index in [9.17, 15) is 5.11 Å². The lowest BCUT2D eigenvalue weighted by Crippen LogP contribution is -2.42. The van der Waals surface area contributed by atoms with E-state index in [4.69, 9.17) is 0 Å². The van der Waals surface area contributed by atoms with Gasteiger partial charge in [-0.3, -0.25) is 0 Å². The summed E-state index contributed by atoms with van der Waals surface area (Å²) in [6, 6.07) is 16.8. The highest BCUT2D eigenvalue weighted by molar-refractivity contribution is 6.07. The van der Waals surface area contributed by atoms with Crippen LogP contribution in [0, 0.1) is 0 Å². The molecule has 1 N–H and O–H groups in total. The van der Waals surface area contributed by atoms with E-state index in [1.54, 1.807) is 0 Å². The Labute approximate surface area is 125 Å². The molecule has 0 saturated heterocycles. The summed E-state index contributed by atoms with van der Waals surface area (Å²) in [5, 5.41) is 12.9. The van der Waals surface area contributed by atoms with Crippen molar-refractivity contribution in [1.82, 2.24) is 4.57 Å². The van der Waals surface area contributed by atoms with Crippen LogP contribution in [0.15, 0.2) is 48.5 Å². The first kappa shape index (κ1) is 14.1. The summed E-state index contributed by atoms with van der Waals surface area (Å²) in [7, 11) is 6.32. The Balaban J connectivity index is 2.08. The molecule has 3 rings (SSSR count). The minimum absolute atomic E-state index is 0.357. The number of para-hydroxylation sites is 2. The average molecular weight is 283 g/mol. The van der Waals surface area contributed by atoms with Gasteiger partial charge >= 0.3 is 0 Å². The fourth-order valence-electron chi connectivity index (χ4n) is 3.10. The maximum Gasteiger partial charge on any atom is 0.121 e. The fourth-order valence-corrected chi connectivity index (χ4v) is 3.10. The molecule has 0 unspecified atom stereocenters. The van der Waals surface area contributed by atoms with Crippen molar-refractivity contribution in [1.29, 1.82) is 0 Å². The van der Waals surface area contributed by atoms with Gasteiger partial charge in [-0.15, -0.1) is 0 Å². The molecule has 0 bridgehead atoms. The molecule has 0 aliphatic carbocycles. The minimum Gasteiger partial charge on any atom is -0.385 e. The van der Waals surface area contributed by atoms with Crippen molar-refractivity contribution < 1.29 is 9.59 Å². The molecule has 0 aliphatic heterocycles. The Morgan fingerprint density at radius 3 is 1.86 bits per heavy atom. The van der Waals surface area contributed by atoms with Gasteiger partial charge in [-0.1, -0.05) is 36.4 Å². The Morgan fingerprint density at radius 2 is 1.38 bits per heavy atom. The first-order chi connectivity index (χ1) is 9.96. The molecule has 0 radical (unpaired) electrons. The van der Waals surface area contributed by atoms with Gasteiger partial charge < -0.3 is 14.2 Å². The summed E-state index contributed by atoms with van der Waals surface area (Å²) in [5.41, 5.74) is 2.39. The predicted molar refractivity (Wildman–Crippen MR) is 88.4 cm³/mol. The molecule has 0 amide bonds. The number of quaternary nitrogens is 1. The SMILES string of the molecule is C[N+](C)(C)C[C@@H](O)Cn1c2ccccc2c2ccccc21. The first-order valence-electron chi connectivity index (χ1n) is 7.40. The van der Waals surface area contributed by atoms with Gasteiger partial charge in [0.1, 0.15) is 12.6 Å². The van der Waals surface area contributed by atoms with Crippen LogP contribution in [0.25, 0.3) is 21.8 Å². The third kappa shape index (κ3) is 2.80. The molecule has 3 nitrogen and oxygen atoms in total. The summed E-state index contributed by atoms with van der Waals surface area (Å²) in [5.74, 6) is 0. The van der Waals surface area contributed by atoms with Crippen LogP contribution in [0.3, 0.4) is 0 Å². The molecule has 1 atom stereocenters. The molecule has 0 aliphatic rings. The second-order valence-corrected chi connectivity index (χ2v) is 6.77. The summed E-state index contributed by atoms with van der Waals surface area (Å²) in [6.45, 7) is 1.37. The summed E-state index contributed by atoms with van der Waals surface area (Å²) in [6.07, 6.45) is -0.357. The summed E-state index contributed by atoms with van der Waals surface area (Å²) in [4.78, 5) is 0. The highest BCUT2D eigenvalue weighted by Crippen LogP contribution is 2.28. The van der Waals surface area contributed by atoms with E-state index in [0.717, 1.165) is 11.0 Å². The molecular formula is C18H23N2O+. The second-order valence-electron chi connectivity index (χ2n) is 6.77. The standard InChI is InChI=1S/C18H23N2O/c1-20(2,3)13-14(21)12-19-17-10-6-4-8-15(17)16-9-5-7-11-18(16)19/h4-11,14,21H,12-13H2,1-3H3/q+1/t14-/m0/s1. The van der Waals surface area contributed by atoms with E-state index < -0.39 is 0 Å². The molecule has 1 aromatic heterocycles. The molecule has 3 aromatic rings. The lowest BCUT2D eigenvalue weighted by atomic mass is 10.2. The first-order valence-corrected chi connectivity index (χ1v) is 7.40. The van der Waals surface area contributed by atoms with Crippen molar-refractivity contribution in [2.75, 3.05) is 27.7 Å². The zero-order valence-corrected chi connectivity index (χ0v) is 13.0. The van der Waals surface area contributed by atoms with E-state index in [2.05, 4.69) is 74.2 Å². The Bertz CT molecular complexity index is 714. The van der Waals surface area contributed by atoms with Crippen LogP contribution in [-0.4, -0.2) is 47.9 Å². The highest BCUT2D eigenvalue weighted by Gasteiger charge is 2.18. The van der Waals surface area contributed by atoms with Crippen LogP contribution in [0.4, 0.5) is 0 Å². The third-order valence-corrected chi connectivity index (χ3v) is 3.83. The molecule has 3 heteroatoms. The average Bonchev–Trinajstić information content (AvgIpc) is 2.72. The lowest BCUT2D eigenvalue weighted by molar-refractivity contribution is -0.873. The van der Waals surface area contributed by atoms with E-state index >= 15 is 0 Å². The van der Waals surface area contributed by atoms with Crippen LogP contribution in [0.1, 0.15) is 0 Å². The quantitative estimate of drug-likeness (QED) is 0.732. The topological polar surface area (TPSA) is 25.2 Å². The van der Waals surface area contributed by atoms with Gasteiger partial charge in [-0.05, 0) is 12.1 Å². The van der Waals surface area contributed by atoms with Crippen LogP contribution in [0.2, 0.25) is 0 Å².